The first-order valence-electron chi connectivity index (χ1n) is 8.78. The fourth-order valence-corrected chi connectivity index (χ4v) is 3.71. The van der Waals surface area contributed by atoms with E-state index in [1.165, 1.54) is 0 Å². The van der Waals surface area contributed by atoms with Gasteiger partial charge in [-0.25, -0.2) is 0 Å². The molecule has 6 nitrogen and oxygen atoms in total. The van der Waals surface area contributed by atoms with Gasteiger partial charge in [-0.05, 0) is 40.6 Å². The highest BCUT2D eigenvalue weighted by Crippen LogP contribution is 2.36. The van der Waals surface area contributed by atoms with Crippen LogP contribution in [0.1, 0.15) is 15.9 Å². The lowest BCUT2D eigenvalue weighted by atomic mass is 9.98. The summed E-state index contributed by atoms with van der Waals surface area (Å²) in [6.07, 6.45) is 1.76. The molecule has 2 amide bonds. The number of nitrogens with zero attached hydrogens (tertiary/aromatic N) is 2. The number of pyridine rings is 1. The van der Waals surface area contributed by atoms with Crippen LogP contribution in [0, 0.1) is 0 Å². The Labute approximate surface area is 155 Å². The molecular weight excluding hydrogens is 342 g/mol. The minimum absolute atomic E-state index is 0.0914. The van der Waals surface area contributed by atoms with Crippen molar-refractivity contribution in [1.82, 2.24) is 9.88 Å². The van der Waals surface area contributed by atoms with Crippen LogP contribution >= 0.6 is 0 Å². The van der Waals surface area contributed by atoms with E-state index in [-0.39, 0.29) is 19.1 Å². The minimum Gasteiger partial charge on any atom is -0.367 e. The number of hydrogen-bond donors (Lipinski definition) is 1. The second kappa shape index (κ2) is 5.62. The lowest BCUT2D eigenvalue weighted by Gasteiger charge is -2.18. The number of fused-ring (bicyclic) bond motifs is 3. The molecule has 1 fully saturated rings. The fourth-order valence-electron chi connectivity index (χ4n) is 3.71. The van der Waals surface area contributed by atoms with Crippen LogP contribution in [0.5, 0.6) is 0 Å². The van der Waals surface area contributed by atoms with E-state index in [1.807, 2.05) is 42.5 Å². The zero-order valence-corrected chi connectivity index (χ0v) is 14.5. The van der Waals surface area contributed by atoms with E-state index in [2.05, 4.69) is 11.1 Å². The monoisotopic (exact) mass is 359 g/mol. The first kappa shape index (κ1) is 16.0. The molecule has 0 radical (unpaired) electrons. The van der Waals surface area contributed by atoms with Crippen molar-refractivity contribution in [1.29, 1.82) is 0 Å². The molecule has 5 rings (SSSR count). The van der Waals surface area contributed by atoms with Crippen molar-refractivity contribution in [2.45, 2.75) is 12.1 Å². The van der Waals surface area contributed by atoms with Gasteiger partial charge in [0.25, 0.3) is 11.8 Å². The van der Waals surface area contributed by atoms with Crippen molar-refractivity contribution in [3.63, 3.8) is 0 Å². The number of nitrogens with two attached hydrogens (primary N) is 1. The summed E-state index contributed by atoms with van der Waals surface area (Å²) in [7, 11) is 0. The van der Waals surface area contributed by atoms with E-state index in [0.717, 1.165) is 27.6 Å². The summed E-state index contributed by atoms with van der Waals surface area (Å²) < 4.78 is 5.25. The molecule has 134 valence electrons. The molecule has 0 spiro atoms. The molecule has 1 atom stereocenters. The molecule has 3 aromatic rings. The molecule has 2 aliphatic rings. The second-order valence-corrected chi connectivity index (χ2v) is 7.05. The molecule has 0 aliphatic carbocycles. The lowest BCUT2D eigenvalue weighted by molar-refractivity contribution is -0.123. The molecule has 27 heavy (non-hydrogen) atoms. The number of amides is 2. The van der Waals surface area contributed by atoms with Gasteiger partial charge >= 0.3 is 0 Å². The lowest BCUT2D eigenvalue weighted by Crippen LogP contribution is -2.43. The molecule has 1 unspecified atom stereocenters. The van der Waals surface area contributed by atoms with Crippen LogP contribution in [0.25, 0.3) is 22.0 Å². The zero-order chi connectivity index (χ0) is 18.6. The average molecular weight is 359 g/mol. The van der Waals surface area contributed by atoms with E-state index in [4.69, 9.17) is 10.5 Å². The smallest absolute Gasteiger partial charge is 0.254 e. The summed E-state index contributed by atoms with van der Waals surface area (Å²) >= 11 is 0. The Morgan fingerprint density at radius 1 is 1.22 bits per heavy atom. The van der Waals surface area contributed by atoms with Crippen molar-refractivity contribution in [3.05, 3.63) is 65.9 Å². The molecule has 3 heterocycles. The van der Waals surface area contributed by atoms with Gasteiger partial charge in [0.2, 0.25) is 0 Å². The average Bonchev–Trinajstić information content (AvgIpc) is 3.41. The van der Waals surface area contributed by atoms with Gasteiger partial charge in [-0.1, -0.05) is 24.3 Å². The Bertz CT molecular complexity index is 1090. The predicted octanol–water partition coefficient (Wildman–Crippen LogP) is 2.11. The first-order chi connectivity index (χ1) is 13.1. The number of benzene rings is 2. The summed E-state index contributed by atoms with van der Waals surface area (Å²) in [5, 5.41) is 2.09. The number of epoxide rings is 1. The van der Waals surface area contributed by atoms with Gasteiger partial charge < -0.3 is 15.4 Å². The Morgan fingerprint density at radius 3 is 2.74 bits per heavy atom. The summed E-state index contributed by atoms with van der Waals surface area (Å²) in [4.78, 5) is 30.5. The van der Waals surface area contributed by atoms with Gasteiger partial charge in [0, 0.05) is 23.9 Å². The molecule has 2 aromatic carbocycles. The molecule has 0 bridgehead atoms. The van der Waals surface area contributed by atoms with Gasteiger partial charge in [0.15, 0.2) is 5.60 Å². The SMILES string of the molecule is NC(=O)C1(CN2Cc3c(ccc4ccc(-c5ccccn5)cc34)C2=O)CO1. The number of carbonyl (C=O) groups is 2. The fraction of sp³-hybridized carbons (Fsp3) is 0.190. The molecule has 2 aliphatic heterocycles. The Kier molecular flexibility index (Phi) is 3.32. The topological polar surface area (TPSA) is 88.8 Å². The molecule has 0 saturated carbocycles. The van der Waals surface area contributed by atoms with Gasteiger partial charge in [0.1, 0.15) is 0 Å². The molecule has 1 aromatic heterocycles. The van der Waals surface area contributed by atoms with E-state index >= 15 is 0 Å². The molecule has 2 N–H and O–H groups in total. The number of rotatable bonds is 4. The molecule has 1 saturated heterocycles. The van der Waals surface area contributed by atoms with Crippen molar-refractivity contribution < 1.29 is 14.3 Å². The van der Waals surface area contributed by atoms with Crippen molar-refractivity contribution in [2.24, 2.45) is 5.73 Å². The predicted molar refractivity (Wildman–Crippen MR) is 99.8 cm³/mol. The number of ether oxygens (including phenoxy) is 1. The Balaban J connectivity index is 1.55. The van der Waals surface area contributed by atoms with Crippen LogP contribution in [-0.4, -0.2) is 40.5 Å². The van der Waals surface area contributed by atoms with Crippen LogP contribution in [0.15, 0.2) is 54.7 Å². The second-order valence-electron chi connectivity index (χ2n) is 7.05. The Morgan fingerprint density at radius 2 is 2.04 bits per heavy atom. The maximum atomic E-state index is 12.8. The Hall–Kier alpha value is -3.25. The van der Waals surface area contributed by atoms with Crippen LogP contribution in [0.3, 0.4) is 0 Å². The van der Waals surface area contributed by atoms with Crippen LogP contribution in [0.2, 0.25) is 0 Å². The highest BCUT2D eigenvalue weighted by atomic mass is 16.6. The van der Waals surface area contributed by atoms with E-state index in [0.29, 0.717) is 12.1 Å². The van der Waals surface area contributed by atoms with Gasteiger partial charge in [-0.2, -0.15) is 0 Å². The number of carbonyl (C=O) groups excluding carboxylic acids is 2. The van der Waals surface area contributed by atoms with Crippen LogP contribution in [0.4, 0.5) is 0 Å². The summed E-state index contributed by atoms with van der Waals surface area (Å²) in [6.45, 7) is 0.903. The largest absolute Gasteiger partial charge is 0.367 e. The van der Waals surface area contributed by atoms with Gasteiger partial charge in [-0.3, -0.25) is 14.6 Å². The maximum Gasteiger partial charge on any atom is 0.254 e. The standard InChI is InChI=1S/C21H17N3O3/c22-20(26)21(12-27-21)11-24-10-17-15(19(24)25)7-6-13-4-5-14(9-16(13)17)18-3-1-2-8-23-18/h1-9H,10-12H2,(H2,22,26). The van der Waals surface area contributed by atoms with Crippen molar-refractivity contribution in [3.8, 4) is 11.3 Å². The molecule has 6 heteroatoms. The first-order valence-corrected chi connectivity index (χ1v) is 8.78. The summed E-state index contributed by atoms with van der Waals surface area (Å²) in [5.41, 5.74) is 7.93. The van der Waals surface area contributed by atoms with Crippen molar-refractivity contribution >= 4 is 22.6 Å². The normalized spacial score (nSPS) is 20.7. The van der Waals surface area contributed by atoms with Crippen molar-refractivity contribution in [2.75, 3.05) is 13.2 Å². The van der Waals surface area contributed by atoms with Crippen LogP contribution < -0.4 is 5.73 Å². The zero-order valence-electron chi connectivity index (χ0n) is 14.5. The highest BCUT2D eigenvalue weighted by molar-refractivity contribution is 6.05. The summed E-state index contributed by atoms with van der Waals surface area (Å²) in [5.74, 6) is -0.611. The summed E-state index contributed by atoms with van der Waals surface area (Å²) in [6, 6.07) is 15.8. The van der Waals surface area contributed by atoms with Gasteiger partial charge in [0.05, 0.1) is 18.8 Å². The molecular formula is C21H17N3O3. The maximum absolute atomic E-state index is 12.8. The quantitative estimate of drug-likeness (QED) is 0.723. The third-order valence-electron chi connectivity index (χ3n) is 5.35. The minimum atomic E-state index is -1.02. The van der Waals surface area contributed by atoms with Crippen LogP contribution in [-0.2, 0) is 16.1 Å². The van der Waals surface area contributed by atoms with E-state index in [1.54, 1.807) is 11.1 Å². The number of aromatic nitrogens is 1. The third kappa shape index (κ3) is 2.49. The third-order valence-corrected chi connectivity index (χ3v) is 5.35. The van der Waals surface area contributed by atoms with Gasteiger partial charge in [-0.15, -0.1) is 0 Å². The number of primary amides is 1. The van der Waals surface area contributed by atoms with E-state index in [9.17, 15) is 9.59 Å². The van der Waals surface area contributed by atoms with E-state index < -0.39 is 11.5 Å². The highest BCUT2D eigenvalue weighted by Gasteiger charge is 2.53. The number of hydrogen-bond acceptors (Lipinski definition) is 4.